The molecule has 2 aromatic carbocycles. The molecule has 8 nitrogen and oxygen atoms in total. The maximum absolute atomic E-state index is 12.7. The molecule has 180 valence electrons. The zero-order chi connectivity index (χ0) is 24.1. The number of nitrogens with two attached hydrogens (primary N) is 1. The summed E-state index contributed by atoms with van der Waals surface area (Å²) in [7, 11) is 0. The summed E-state index contributed by atoms with van der Waals surface area (Å²) in [6.07, 6.45) is 0. The average Bonchev–Trinajstić information content (AvgIpc) is 3.20. The first kappa shape index (κ1) is 23.9. The lowest BCUT2D eigenvalue weighted by molar-refractivity contribution is -0.128. The Bertz CT molecular complexity index is 1110. The Morgan fingerprint density at radius 3 is 2.50 bits per heavy atom. The lowest BCUT2D eigenvalue weighted by Gasteiger charge is -2.36. The monoisotopic (exact) mass is 480 g/mol. The highest BCUT2D eigenvalue weighted by molar-refractivity contribution is 7.99. The first-order valence-electron chi connectivity index (χ1n) is 11.5. The van der Waals surface area contributed by atoms with Gasteiger partial charge in [0.2, 0.25) is 11.1 Å². The zero-order valence-electron chi connectivity index (χ0n) is 20.0. The molecule has 1 fully saturated rings. The molecule has 1 aliphatic heterocycles. The minimum Gasteiger partial charge on any atom is -0.486 e. The maximum atomic E-state index is 12.7. The van der Waals surface area contributed by atoms with Crippen molar-refractivity contribution in [2.75, 3.05) is 42.7 Å². The van der Waals surface area contributed by atoms with Gasteiger partial charge >= 0.3 is 0 Å². The van der Waals surface area contributed by atoms with Crippen LogP contribution < -0.4 is 15.5 Å². The Morgan fingerprint density at radius 2 is 1.82 bits per heavy atom. The SMILES string of the molecule is Cc1cccc(N2CCN(C(=O)CSc3nnc(COc4ccc(C(C)C)cc4)n3N)CC2)c1. The Kier molecular flexibility index (Phi) is 7.62. The van der Waals surface area contributed by atoms with Crippen molar-refractivity contribution in [1.82, 2.24) is 19.8 Å². The molecule has 34 heavy (non-hydrogen) atoms. The van der Waals surface area contributed by atoms with Gasteiger partial charge < -0.3 is 20.4 Å². The van der Waals surface area contributed by atoms with E-state index in [4.69, 9.17) is 10.6 Å². The maximum Gasteiger partial charge on any atom is 0.233 e. The van der Waals surface area contributed by atoms with E-state index >= 15 is 0 Å². The van der Waals surface area contributed by atoms with Crippen molar-refractivity contribution in [1.29, 1.82) is 0 Å². The number of ether oxygens (including phenoxy) is 1. The van der Waals surface area contributed by atoms with Gasteiger partial charge in [0, 0.05) is 31.9 Å². The number of thioether (sulfide) groups is 1. The quantitative estimate of drug-likeness (QED) is 0.390. The largest absolute Gasteiger partial charge is 0.486 e. The number of carbonyl (C=O) groups is 1. The fourth-order valence-corrected chi connectivity index (χ4v) is 4.64. The summed E-state index contributed by atoms with van der Waals surface area (Å²) in [5.41, 5.74) is 3.71. The summed E-state index contributed by atoms with van der Waals surface area (Å²) in [6, 6.07) is 16.5. The van der Waals surface area contributed by atoms with Crippen LogP contribution in [0.5, 0.6) is 5.75 Å². The van der Waals surface area contributed by atoms with Crippen LogP contribution in [-0.4, -0.2) is 57.6 Å². The molecule has 2 heterocycles. The predicted octanol–water partition coefficient (Wildman–Crippen LogP) is 3.44. The number of rotatable bonds is 8. The van der Waals surface area contributed by atoms with Gasteiger partial charge in [-0.2, -0.15) is 0 Å². The third kappa shape index (κ3) is 5.83. The Balaban J connectivity index is 1.24. The number of piperazine rings is 1. The molecule has 0 radical (unpaired) electrons. The summed E-state index contributed by atoms with van der Waals surface area (Å²) in [4.78, 5) is 17.0. The van der Waals surface area contributed by atoms with Gasteiger partial charge in [-0.3, -0.25) is 4.79 Å². The van der Waals surface area contributed by atoms with Crippen LogP contribution in [-0.2, 0) is 11.4 Å². The second-order valence-electron chi connectivity index (χ2n) is 8.78. The third-order valence-electron chi connectivity index (χ3n) is 5.97. The van der Waals surface area contributed by atoms with Crippen LogP contribution in [0.2, 0.25) is 0 Å². The summed E-state index contributed by atoms with van der Waals surface area (Å²) < 4.78 is 7.20. The molecule has 1 amide bonds. The van der Waals surface area contributed by atoms with Crippen LogP contribution in [0.15, 0.2) is 53.7 Å². The minimum absolute atomic E-state index is 0.0833. The van der Waals surface area contributed by atoms with E-state index in [1.807, 2.05) is 17.0 Å². The van der Waals surface area contributed by atoms with E-state index in [0.29, 0.717) is 30.0 Å². The van der Waals surface area contributed by atoms with Gasteiger partial charge in [0.25, 0.3) is 0 Å². The highest BCUT2D eigenvalue weighted by Gasteiger charge is 2.22. The average molecular weight is 481 g/mol. The molecule has 0 bridgehead atoms. The summed E-state index contributed by atoms with van der Waals surface area (Å²) in [5, 5.41) is 8.76. The zero-order valence-corrected chi connectivity index (χ0v) is 20.8. The molecule has 1 aliphatic rings. The molecule has 0 saturated carbocycles. The van der Waals surface area contributed by atoms with E-state index in [-0.39, 0.29) is 18.3 Å². The highest BCUT2D eigenvalue weighted by Crippen LogP contribution is 2.21. The van der Waals surface area contributed by atoms with Crippen LogP contribution in [0.1, 0.15) is 36.7 Å². The molecule has 4 rings (SSSR count). The van der Waals surface area contributed by atoms with Crippen molar-refractivity contribution in [3.63, 3.8) is 0 Å². The van der Waals surface area contributed by atoms with E-state index < -0.39 is 0 Å². The lowest BCUT2D eigenvalue weighted by Crippen LogP contribution is -2.49. The van der Waals surface area contributed by atoms with Crippen LogP contribution in [0.3, 0.4) is 0 Å². The Hall–Kier alpha value is -3.20. The van der Waals surface area contributed by atoms with Gasteiger partial charge in [-0.15, -0.1) is 10.2 Å². The molecule has 0 aliphatic carbocycles. The second kappa shape index (κ2) is 10.8. The standard InChI is InChI=1S/C25H32N6O2S/c1-18(2)20-7-9-22(10-8-20)33-16-23-27-28-25(31(23)26)34-17-24(32)30-13-11-29(12-14-30)21-6-4-5-19(3)15-21/h4-10,15,18H,11-14,16-17,26H2,1-3H3. The first-order chi connectivity index (χ1) is 16.4. The summed E-state index contributed by atoms with van der Waals surface area (Å²) in [5.74, 6) is 8.24. The minimum atomic E-state index is 0.0833. The highest BCUT2D eigenvalue weighted by atomic mass is 32.2. The second-order valence-corrected chi connectivity index (χ2v) is 9.72. The smallest absolute Gasteiger partial charge is 0.233 e. The summed E-state index contributed by atoms with van der Waals surface area (Å²) >= 11 is 1.30. The van der Waals surface area contributed by atoms with Crippen molar-refractivity contribution in [3.05, 3.63) is 65.5 Å². The van der Waals surface area contributed by atoms with Gasteiger partial charge in [-0.1, -0.05) is 49.9 Å². The Morgan fingerprint density at radius 1 is 1.09 bits per heavy atom. The van der Waals surface area contributed by atoms with Gasteiger partial charge in [0.1, 0.15) is 12.4 Å². The number of nitrogen functional groups attached to an aromatic ring is 1. The molecular formula is C25H32N6O2S. The van der Waals surface area contributed by atoms with Crippen molar-refractivity contribution < 1.29 is 9.53 Å². The van der Waals surface area contributed by atoms with E-state index in [2.05, 4.69) is 72.3 Å². The van der Waals surface area contributed by atoms with Crippen molar-refractivity contribution in [2.45, 2.75) is 38.5 Å². The van der Waals surface area contributed by atoms with Gasteiger partial charge in [0.05, 0.1) is 5.75 Å². The molecule has 1 aromatic heterocycles. The normalized spacial score (nSPS) is 14.0. The molecule has 1 saturated heterocycles. The Labute approximate surface area is 205 Å². The number of nitrogens with zero attached hydrogens (tertiary/aromatic N) is 5. The number of benzene rings is 2. The predicted molar refractivity (Wildman–Crippen MR) is 136 cm³/mol. The number of hydrogen-bond acceptors (Lipinski definition) is 7. The van der Waals surface area contributed by atoms with Gasteiger partial charge in [-0.25, -0.2) is 4.68 Å². The molecule has 3 aromatic rings. The number of anilines is 1. The number of carbonyl (C=O) groups excluding carboxylic acids is 1. The van der Waals surface area contributed by atoms with Crippen molar-refractivity contribution in [3.8, 4) is 5.75 Å². The van der Waals surface area contributed by atoms with E-state index in [1.54, 1.807) is 0 Å². The molecule has 9 heteroatoms. The van der Waals surface area contributed by atoms with Crippen LogP contribution in [0.25, 0.3) is 0 Å². The lowest BCUT2D eigenvalue weighted by atomic mass is 10.0. The topological polar surface area (TPSA) is 89.5 Å². The number of hydrogen-bond donors (Lipinski definition) is 1. The molecule has 0 unspecified atom stereocenters. The number of aryl methyl sites for hydroxylation is 1. The fourth-order valence-electron chi connectivity index (χ4n) is 3.86. The molecule has 0 atom stereocenters. The third-order valence-corrected chi connectivity index (χ3v) is 6.90. The number of amides is 1. The van der Waals surface area contributed by atoms with Crippen LogP contribution in [0.4, 0.5) is 5.69 Å². The molecular weight excluding hydrogens is 448 g/mol. The van der Waals surface area contributed by atoms with Gasteiger partial charge in [-0.05, 0) is 48.2 Å². The van der Waals surface area contributed by atoms with E-state index in [0.717, 1.165) is 18.8 Å². The fraction of sp³-hybridized carbons (Fsp3) is 0.400. The van der Waals surface area contributed by atoms with Crippen LogP contribution >= 0.6 is 11.8 Å². The van der Waals surface area contributed by atoms with Gasteiger partial charge in [0.15, 0.2) is 5.82 Å². The van der Waals surface area contributed by atoms with E-state index in [9.17, 15) is 4.79 Å². The molecule has 0 spiro atoms. The van der Waals surface area contributed by atoms with Crippen LogP contribution in [0, 0.1) is 6.92 Å². The number of aromatic nitrogens is 3. The van der Waals surface area contributed by atoms with Crippen molar-refractivity contribution >= 4 is 23.4 Å². The summed E-state index contributed by atoms with van der Waals surface area (Å²) in [6.45, 7) is 9.68. The first-order valence-corrected chi connectivity index (χ1v) is 12.5. The molecule has 2 N–H and O–H groups in total. The van der Waals surface area contributed by atoms with E-state index in [1.165, 1.54) is 33.3 Å². The van der Waals surface area contributed by atoms with Crippen molar-refractivity contribution in [2.24, 2.45) is 0 Å².